The third kappa shape index (κ3) is 9.97. The van der Waals surface area contributed by atoms with Gasteiger partial charge >= 0.3 is 5.97 Å². The number of rotatable bonds is 7. The SMILES string of the molecule is CCCCCNC(C)CC(=O)OC(C)(C)C. The van der Waals surface area contributed by atoms with E-state index in [9.17, 15) is 4.79 Å². The highest BCUT2D eigenvalue weighted by atomic mass is 16.6. The first-order valence-electron chi connectivity index (χ1n) is 6.30. The fraction of sp³-hybridized carbons (Fsp3) is 0.923. The minimum atomic E-state index is -0.376. The zero-order chi connectivity index (χ0) is 12.6. The third-order valence-corrected chi connectivity index (χ3v) is 2.17. The lowest BCUT2D eigenvalue weighted by Crippen LogP contribution is -2.32. The van der Waals surface area contributed by atoms with E-state index in [1.165, 1.54) is 19.3 Å². The van der Waals surface area contributed by atoms with Gasteiger partial charge in [0.05, 0.1) is 6.42 Å². The molecule has 0 rings (SSSR count). The summed E-state index contributed by atoms with van der Waals surface area (Å²) in [6, 6.07) is 0.201. The molecule has 0 aromatic heterocycles. The van der Waals surface area contributed by atoms with Gasteiger partial charge < -0.3 is 10.1 Å². The minimum absolute atomic E-state index is 0.122. The first kappa shape index (κ1) is 15.4. The maximum absolute atomic E-state index is 11.5. The molecule has 16 heavy (non-hydrogen) atoms. The van der Waals surface area contributed by atoms with Gasteiger partial charge in [0.1, 0.15) is 5.60 Å². The van der Waals surface area contributed by atoms with Crippen molar-refractivity contribution < 1.29 is 9.53 Å². The molecule has 0 saturated carbocycles. The number of hydrogen-bond donors (Lipinski definition) is 1. The fourth-order valence-corrected chi connectivity index (χ4v) is 1.43. The first-order valence-corrected chi connectivity index (χ1v) is 6.30. The van der Waals surface area contributed by atoms with E-state index < -0.39 is 0 Å². The molecule has 3 heteroatoms. The second kappa shape index (κ2) is 7.66. The van der Waals surface area contributed by atoms with Crippen LogP contribution < -0.4 is 5.32 Å². The van der Waals surface area contributed by atoms with Crippen molar-refractivity contribution in [3.8, 4) is 0 Å². The van der Waals surface area contributed by atoms with Gasteiger partial charge in [0, 0.05) is 6.04 Å². The molecule has 0 aromatic carbocycles. The Bertz CT molecular complexity index is 197. The van der Waals surface area contributed by atoms with Gasteiger partial charge in [-0.25, -0.2) is 0 Å². The normalized spacial score (nSPS) is 13.6. The van der Waals surface area contributed by atoms with E-state index >= 15 is 0 Å². The number of carbonyl (C=O) groups is 1. The fourth-order valence-electron chi connectivity index (χ4n) is 1.43. The summed E-state index contributed by atoms with van der Waals surface area (Å²) in [5, 5.41) is 3.33. The summed E-state index contributed by atoms with van der Waals surface area (Å²) in [5.74, 6) is -0.122. The number of esters is 1. The molecule has 1 unspecified atom stereocenters. The molecule has 3 nitrogen and oxygen atoms in total. The molecular weight excluding hydrogens is 202 g/mol. The second-order valence-corrected chi connectivity index (χ2v) is 5.35. The third-order valence-electron chi connectivity index (χ3n) is 2.17. The summed E-state index contributed by atoms with van der Waals surface area (Å²) in [7, 11) is 0. The molecule has 0 aromatic rings. The van der Waals surface area contributed by atoms with E-state index in [0.29, 0.717) is 6.42 Å². The molecule has 1 atom stereocenters. The van der Waals surface area contributed by atoms with Crippen molar-refractivity contribution in [2.75, 3.05) is 6.54 Å². The molecule has 0 aliphatic carbocycles. The van der Waals surface area contributed by atoms with Crippen LogP contribution in [-0.2, 0) is 9.53 Å². The number of unbranched alkanes of at least 4 members (excludes halogenated alkanes) is 2. The Morgan fingerprint density at radius 2 is 1.94 bits per heavy atom. The zero-order valence-electron chi connectivity index (χ0n) is 11.4. The number of nitrogens with one attached hydrogen (secondary N) is 1. The van der Waals surface area contributed by atoms with E-state index in [-0.39, 0.29) is 17.6 Å². The van der Waals surface area contributed by atoms with Crippen LogP contribution in [0.4, 0.5) is 0 Å². The van der Waals surface area contributed by atoms with Crippen LogP contribution in [0, 0.1) is 0 Å². The van der Waals surface area contributed by atoms with E-state index in [0.717, 1.165) is 6.54 Å². The molecule has 0 amide bonds. The van der Waals surface area contributed by atoms with Crippen molar-refractivity contribution in [2.24, 2.45) is 0 Å². The Kier molecular flexibility index (Phi) is 7.39. The van der Waals surface area contributed by atoms with Crippen LogP contribution in [0.3, 0.4) is 0 Å². The number of ether oxygens (including phenoxy) is 1. The predicted molar refractivity (Wildman–Crippen MR) is 67.5 cm³/mol. The van der Waals surface area contributed by atoms with Crippen molar-refractivity contribution in [1.82, 2.24) is 5.32 Å². The van der Waals surface area contributed by atoms with Crippen LogP contribution in [0.2, 0.25) is 0 Å². The monoisotopic (exact) mass is 229 g/mol. The molecular formula is C13H27NO2. The van der Waals surface area contributed by atoms with Crippen molar-refractivity contribution in [3.05, 3.63) is 0 Å². The van der Waals surface area contributed by atoms with Gasteiger partial charge in [-0.15, -0.1) is 0 Å². The lowest BCUT2D eigenvalue weighted by Gasteiger charge is -2.21. The summed E-state index contributed by atoms with van der Waals surface area (Å²) in [5.41, 5.74) is -0.376. The van der Waals surface area contributed by atoms with Gasteiger partial charge in [0.25, 0.3) is 0 Å². The zero-order valence-corrected chi connectivity index (χ0v) is 11.4. The highest BCUT2D eigenvalue weighted by Crippen LogP contribution is 2.09. The predicted octanol–water partition coefficient (Wildman–Crippen LogP) is 2.89. The first-order chi connectivity index (χ1) is 7.35. The average molecular weight is 229 g/mol. The van der Waals surface area contributed by atoms with E-state index in [2.05, 4.69) is 12.2 Å². The Morgan fingerprint density at radius 3 is 2.44 bits per heavy atom. The molecule has 0 saturated heterocycles. The second-order valence-electron chi connectivity index (χ2n) is 5.35. The summed E-state index contributed by atoms with van der Waals surface area (Å²) >= 11 is 0. The maximum Gasteiger partial charge on any atom is 0.307 e. The largest absolute Gasteiger partial charge is 0.460 e. The number of carbonyl (C=O) groups excluding carboxylic acids is 1. The van der Waals surface area contributed by atoms with Crippen LogP contribution in [0.5, 0.6) is 0 Å². The molecule has 0 bridgehead atoms. The standard InChI is InChI=1S/C13H27NO2/c1-6-7-8-9-14-11(2)10-12(15)16-13(3,4)5/h11,14H,6-10H2,1-5H3. The molecule has 0 aliphatic heterocycles. The van der Waals surface area contributed by atoms with E-state index in [1.807, 2.05) is 27.7 Å². The summed E-state index contributed by atoms with van der Waals surface area (Å²) in [6.07, 6.45) is 4.09. The van der Waals surface area contributed by atoms with E-state index in [4.69, 9.17) is 4.74 Å². The Morgan fingerprint density at radius 1 is 1.31 bits per heavy atom. The lowest BCUT2D eigenvalue weighted by molar-refractivity contribution is -0.155. The highest BCUT2D eigenvalue weighted by molar-refractivity contribution is 5.70. The average Bonchev–Trinajstić information content (AvgIpc) is 2.09. The highest BCUT2D eigenvalue weighted by Gasteiger charge is 2.17. The molecule has 96 valence electrons. The van der Waals surface area contributed by atoms with E-state index in [1.54, 1.807) is 0 Å². The molecule has 0 spiro atoms. The molecule has 0 radical (unpaired) electrons. The van der Waals surface area contributed by atoms with Crippen molar-refractivity contribution in [3.63, 3.8) is 0 Å². The smallest absolute Gasteiger partial charge is 0.307 e. The van der Waals surface area contributed by atoms with Gasteiger partial charge in [-0.05, 0) is 40.7 Å². The summed E-state index contributed by atoms with van der Waals surface area (Å²) in [6.45, 7) is 10.9. The molecule has 1 N–H and O–H groups in total. The Labute approximate surface area is 99.9 Å². The number of hydrogen-bond acceptors (Lipinski definition) is 3. The Balaban J connectivity index is 3.62. The summed E-state index contributed by atoms with van der Waals surface area (Å²) < 4.78 is 5.26. The van der Waals surface area contributed by atoms with Crippen molar-refractivity contribution in [1.29, 1.82) is 0 Å². The molecule has 0 heterocycles. The molecule has 0 aliphatic rings. The maximum atomic E-state index is 11.5. The van der Waals surface area contributed by atoms with Crippen molar-refractivity contribution >= 4 is 5.97 Å². The van der Waals surface area contributed by atoms with Crippen molar-refractivity contribution in [2.45, 2.75) is 71.9 Å². The topological polar surface area (TPSA) is 38.3 Å². The van der Waals surface area contributed by atoms with Crippen LogP contribution in [-0.4, -0.2) is 24.2 Å². The quantitative estimate of drug-likeness (QED) is 0.539. The minimum Gasteiger partial charge on any atom is -0.460 e. The van der Waals surface area contributed by atoms with Crippen LogP contribution in [0.1, 0.15) is 60.3 Å². The molecule has 0 fully saturated rings. The van der Waals surface area contributed by atoms with Gasteiger partial charge in [-0.3, -0.25) is 4.79 Å². The van der Waals surface area contributed by atoms with Crippen LogP contribution >= 0.6 is 0 Å². The summed E-state index contributed by atoms with van der Waals surface area (Å²) in [4.78, 5) is 11.5. The lowest BCUT2D eigenvalue weighted by atomic mass is 10.1. The Hall–Kier alpha value is -0.570. The van der Waals surface area contributed by atoms with Gasteiger partial charge in [-0.1, -0.05) is 19.8 Å². The van der Waals surface area contributed by atoms with Crippen LogP contribution in [0.25, 0.3) is 0 Å². The van der Waals surface area contributed by atoms with Gasteiger partial charge in [-0.2, -0.15) is 0 Å². The van der Waals surface area contributed by atoms with Crippen LogP contribution in [0.15, 0.2) is 0 Å². The van der Waals surface area contributed by atoms with Gasteiger partial charge in [0.2, 0.25) is 0 Å². The van der Waals surface area contributed by atoms with Gasteiger partial charge in [0.15, 0.2) is 0 Å².